The van der Waals surface area contributed by atoms with E-state index in [1.165, 1.54) is 0 Å². The van der Waals surface area contributed by atoms with Gasteiger partial charge in [-0.05, 0) is 0 Å². The maximum atomic E-state index is 0. The van der Waals surface area contributed by atoms with Gasteiger partial charge in [0.2, 0.25) is 0 Å². The molecule has 3 heteroatoms. The van der Waals surface area contributed by atoms with Gasteiger partial charge in [-0.25, -0.2) is 0 Å². The number of rotatable bonds is 0. The average molecular weight is 116 g/mol. The fraction of sp³-hybridized carbons (Fsp3) is 1.00. The van der Waals surface area contributed by atoms with Crippen molar-refractivity contribution in [1.29, 1.82) is 0 Å². The van der Waals surface area contributed by atoms with Crippen molar-refractivity contribution in [3.8, 4) is 0 Å². The smallest absolute Gasteiger partial charge is 0.316 e. The van der Waals surface area contributed by atoms with Crippen LogP contribution in [0.5, 0.6) is 0 Å². The van der Waals surface area contributed by atoms with Crippen molar-refractivity contribution in [2.75, 3.05) is 0 Å². The number of hydrogen-bond donors (Lipinski definition) is 0. The fourth-order valence-electron chi connectivity index (χ4n) is 0. The van der Waals surface area contributed by atoms with Crippen molar-refractivity contribution < 1.29 is 22.5 Å². The van der Waals surface area contributed by atoms with Gasteiger partial charge < -0.3 is 5.48 Å². The summed E-state index contributed by atoms with van der Waals surface area (Å²) in [4.78, 5) is 0. The summed E-state index contributed by atoms with van der Waals surface area (Å²) >= 11 is 0. The van der Waals surface area contributed by atoms with E-state index >= 15 is 0 Å². The summed E-state index contributed by atoms with van der Waals surface area (Å²) < 4.78 is 0. The second-order valence-corrected chi connectivity index (χ2v) is 0. The summed E-state index contributed by atoms with van der Waals surface area (Å²) in [5, 5.41) is 0. The van der Waals surface area contributed by atoms with Crippen LogP contribution in [0.4, 0.5) is 0 Å². The predicted molar refractivity (Wildman–Crippen MR) is 18.9 cm³/mol. The van der Waals surface area contributed by atoms with Crippen molar-refractivity contribution in [1.82, 2.24) is 0 Å². The monoisotopic (exact) mass is 116 g/mol. The Hall–Kier alpha value is 1.25. The largest absolute Gasteiger partial charge is 0.412 e. The first-order valence-corrected chi connectivity index (χ1v) is 0. The third-order valence-electron chi connectivity index (χ3n) is 0. The van der Waals surface area contributed by atoms with Gasteiger partial charge in [0.15, 0.2) is 0 Å². The zero-order valence-corrected chi connectivity index (χ0v) is 1.96. The van der Waals surface area contributed by atoms with Crippen LogP contribution in [0.1, 0.15) is 7.43 Å². The minimum Gasteiger partial charge on any atom is -0.412 e. The maximum Gasteiger partial charge on any atom is 0.316 e. The second kappa shape index (κ2) is 28.8. The summed E-state index contributed by atoms with van der Waals surface area (Å²) in [5.41, 5.74) is 0. The van der Waals surface area contributed by atoms with Crippen molar-refractivity contribution in [3.63, 3.8) is 0 Å². The van der Waals surface area contributed by atoms with Crippen LogP contribution in [0.25, 0.3) is 0 Å². The summed E-state index contributed by atoms with van der Waals surface area (Å²) in [5.74, 6) is 0. The van der Waals surface area contributed by atoms with Crippen LogP contribution < -0.4 is 0 Å². The zero-order valence-electron chi connectivity index (χ0n) is 0.854. The molecule has 0 aliphatic heterocycles. The van der Waals surface area contributed by atoms with E-state index in [0.717, 1.165) is 0 Å². The Morgan fingerprint density at radius 1 is 1.00 bits per heavy atom. The molecular weight excluding hydrogens is 108 g/mol. The molecule has 0 aliphatic rings. The molecule has 1 nitrogen and oxygen atoms in total. The minimum absolute atomic E-state index is 0. The molecule has 0 aromatic heterocycles. The van der Waals surface area contributed by atoms with Gasteiger partial charge in [-0.3, -0.25) is 0 Å². The second-order valence-electron chi connectivity index (χ2n) is 0. The molecule has 0 heterocycles. The Bertz CT molecular complexity index is 8.00. The molecule has 4 heavy (non-hydrogen) atoms. The molecule has 0 fully saturated rings. The van der Waals surface area contributed by atoms with E-state index in [4.69, 9.17) is 0 Å². The van der Waals surface area contributed by atoms with Gasteiger partial charge in [0.25, 0.3) is 0 Å². The van der Waals surface area contributed by atoms with E-state index < -0.39 is 0 Å². The van der Waals surface area contributed by atoms with Crippen molar-refractivity contribution >= 4 is 23.1 Å². The molecule has 28 valence electrons. The molecule has 2 N–H and O–H groups in total. The summed E-state index contributed by atoms with van der Waals surface area (Å²) in [6, 6.07) is 0. The van der Waals surface area contributed by atoms with Crippen LogP contribution in [0.2, 0.25) is 0 Å². The van der Waals surface area contributed by atoms with Crippen LogP contribution in [0.15, 0.2) is 0 Å². The van der Waals surface area contributed by atoms with E-state index in [1.807, 2.05) is 0 Å². The van der Waals surface area contributed by atoms with E-state index in [9.17, 15) is 0 Å². The van der Waals surface area contributed by atoms with E-state index in [-0.39, 0.29) is 53.0 Å². The standard InChI is InChI=1S/CH4.Fe.Mg.H2O.2H/h1H4;;;1H2;;. The Kier molecular flexibility index (Phi) is 439. The topological polar surface area (TPSA) is 31.5 Å². The van der Waals surface area contributed by atoms with Gasteiger partial charge in [-0.2, -0.15) is 0 Å². The van der Waals surface area contributed by atoms with Gasteiger partial charge in [0.1, 0.15) is 0 Å². The van der Waals surface area contributed by atoms with E-state index in [2.05, 4.69) is 0 Å². The quantitative estimate of drug-likeness (QED) is 0.360. The molecule has 0 aromatic carbocycles. The summed E-state index contributed by atoms with van der Waals surface area (Å²) in [7, 11) is 0. The molecule has 0 saturated heterocycles. The third-order valence-corrected chi connectivity index (χ3v) is 0. The molecular formula is CH8FeMgO. The first kappa shape index (κ1) is 60.9. The maximum absolute atomic E-state index is 0. The SMILES string of the molecule is C.O.[Fe].[MgH2]. The Morgan fingerprint density at radius 3 is 1.00 bits per heavy atom. The molecule has 0 aliphatic carbocycles. The van der Waals surface area contributed by atoms with Gasteiger partial charge in [-0.15, -0.1) is 0 Å². The molecule has 0 atom stereocenters. The fourth-order valence-corrected chi connectivity index (χ4v) is 0. The van der Waals surface area contributed by atoms with Crippen LogP contribution in [-0.4, -0.2) is 28.5 Å². The molecule has 0 radical (unpaired) electrons. The van der Waals surface area contributed by atoms with Gasteiger partial charge in [0, 0.05) is 17.1 Å². The van der Waals surface area contributed by atoms with E-state index in [1.54, 1.807) is 0 Å². The summed E-state index contributed by atoms with van der Waals surface area (Å²) in [6.45, 7) is 0. The zero-order chi connectivity index (χ0) is 0. The van der Waals surface area contributed by atoms with Crippen LogP contribution in [-0.2, 0) is 17.1 Å². The van der Waals surface area contributed by atoms with Gasteiger partial charge in [-0.1, -0.05) is 7.43 Å². The average Bonchev–Trinajstić information content (AvgIpc) is 0. The Balaban J connectivity index is 0. The Labute approximate surface area is 53.1 Å². The predicted octanol–water partition coefficient (Wildman–Crippen LogP) is -1.11. The van der Waals surface area contributed by atoms with Crippen molar-refractivity contribution in [2.45, 2.75) is 7.43 Å². The first-order valence-electron chi connectivity index (χ1n) is 0. The molecule has 0 rings (SSSR count). The molecule has 0 amide bonds. The summed E-state index contributed by atoms with van der Waals surface area (Å²) in [6.07, 6.45) is 0. The van der Waals surface area contributed by atoms with Crippen molar-refractivity contribution in [3.05, 3.63) is 0 Å². The van der Waals surface area contributed by atoms with Crippen molar-refractivity contribution in [2.24, 2.45) is 0 Å². The molecule has 0 spiro atoms. The molecule has 0 aromatic rings. The van der Waals surface area contributed by atoms with E-state index in [0.29, 0.717) is 0 Å². The van der Waals surface area contributed by atoms with Crippen LogP contribution >= 0.6 is 0 Å². The molecule has 0 unspecified atom stereocenters. The Morgan fingerprint density at radius 2 is 1.00 bits per heavy atom. The van der Waals surface area contributed by atoms with Gasteiger partial charge in [0.05, 0.1) is 0 Å². The molecule has 0 bridgehead atoms. The number of hydrogen-bond acceptors (Lipinski definition) is 0. The normalized spacial score (nSPS) is 0. The van der Waals surface area contributed by atoms with Crippen LogP contribution in [0.3, 0.4) is 0 Å². The first-order chi connectivity index (χ1) is 0. The molecule has 0 saturated carbocycles. The third kappa shape index (κ3) is 10.5. The minimum atomic E-state index is 0. The van der Waals surface area contributed by atoms with Gasteiger partial charge >= 0.3 is 23.1 Å². The van der Waals surface area contributed by atoms with Crippen LogP contribution in [0, 0.1) is 0 Å².